The number of fused-ring (bicyclic) bond motifs is 1. The summed E-state index contributed by atoms with van der Waals surface area (Å²) in [5, 5.41) is 11.7. The Morgan fingerprint density at radius 2 is 1.37 bits per heavy atom. The van der Waals surface area contributed by atoms with Gasteiger partial charge in [-0.1, -0.05) is 48.5 Å². The quantitative estimate of drug-likeness (QED) is 0.777. The zero-order valence-corrected chi connectivity index (χ0v) is 14.8. The molecule has 0 spiro atoms. The largest absolute Gasteiger partial charge is 0.478 e. The second-order valence-corrected chi connectivity index (χ2v) is 6.63. The van der Waals surface area contributed by atoms with Crippen molar-refractivity contribution in [1.29, 1.82) is 0 Å². The van der Waals surface area contributed by atoms with Gasteiger partial charge in [0.2, 0.25) is 0 Å². The van der Waals surface area contributed by atoms with Crippen LogP contribution in [0.4, 0.5) is 5.69 Å². The van der Waals surface area contributed by atoms with Crippen LogP contribution in [0.1, 0.15) is 20.7 Å². The first-order chi connectivity index (χ1) is 13.1. The molecule has 3 aromatic rings. The zero-order chi connectivity index (χ0) is 18.8. The van der Waals surface area contributed by atoms with E-state index in [9.17, 15) is 14.7 Å². The van der Waals surface area contributed by atoms with Crippen LogP contribution in [0.25, 0.3) is 10.8 Å². The lowest BCUT2D eigenvalue weighted by Gasteiger charge is -2.36. The Hall–Kier alpha value is -3.34. The third kappa shape index (κ3) is 3.24. The molecule has 0 unspecified atom stereocenters. The molecule has 1 amide bonds. The third-order valence-electron chi connectivity index (χ3n) is 5.06. The summed E-state index contributed by atoms with van der Waals surface area (Å²) in [5.74, 6) is -1.29. The van der Waals surface area contributed by atoms with Crippen LogP contribution >= 0.6 is 0 Å². The highest BCUT2D eigenvalue weighted by Gasteiger charge is 2.25. The lowest BCUT2D eigenvalue weighted by molar-refractivity contribution is 0.0673. The number of aromatic carboxylic acids is 1. The van der Waals surface area contributed by atoms with Crippen molar-refractivity contribution in [2.24, 2.45) is 0 Å². The predicted octanol–water partition coefficient (Wildman–Crippen LogP) is 3.50. The fourth-order valence-electron chi connectivity index (χ4n) is 3.66. The Morgan fingerprint density at radius 1 is 0.741 bits per heavy atom. The summed E-state index contributed by atoms with van der Waals surface area (Å²) in [6.07, 6.45) is 0. The standard InChI is InChI=1S/C22H20N2O3/c25-21(18-9-3-4-10-19(18)22(26)27)24-14-12-23(13-15-24)20-11-5-7-16-6-1-2-8-17(16)20/h1-11H,12-15H2,(H,26,27). The Morgan fingerprint density at radius 3 is 2.11 bits per heavy atom. The number of rotatable bonds is 3. The van der Waals surface area contributed by atoms with Crippen LogP contribution in [0.15, 0.2) is 66.7 Å². The van der Waals surface area contributed by atoms with Crippen LogP contribution < -0.4 is 4.90 Å². The second kappa shape index (κ2) is 7.11. The molecule has 0 aliphatic carbocycles. The number of carbonyl (C=O) groups excluding carboxylic acids is 1. The molecule has 1 fully saturated rings. The van der Waals surface area contributed by atoms with Crippen molar-refractivity contribution < 1.29 is 14.7 Å². The number of carboxylic acids is 1. The fourth-order valence-corrected chi connectivity index (χ4v) is 3.66. The summed E-state index contributed by atoms with van der Waals surface area (Å²) in [6, 6.07) is 20.9. The average molecular weight is 360 g/mol. The fraction of sp³-hybridized carbons (Fsp3) is 0.182. The van der Waals surface area contributed by atoms with Gasteiger partial charge in [0, 0.05) is 37.3 Å². The molecule has 5 nitrogen and oxygen atoms in total. The van der Waals surface area contributed by atoms with Gasteiger partial charge in [0.05, 0.1) is 11.1 Å². The van der Waals surface area contributed by atoms with Crippen molar-refractivity contribution in [3.05, 3.63) is 77.9 Å². The highest BCUT2D eigenvalue weighted by Crippen LogP contribution is 2.27. The molecule has 1 heterocycles. The van der Waals surface area contributed by atoms with Gasteiger partial charge in [0.1, 0.15) is 0 Å². The molecule has 1 aliphatic heterocycles. The number of nitrogens with zero attached hydrogens (tertiary/aromatic N) is 2. The number of hydrogen-bond donors (Lipinski definition) is 1. The van der Waals surface area contributed by atoms with Crippen LogP contribution in [0, 0.1) is 0 Å². The molecule has 3 aromatic carbocycles. The van der Waals surface area contributed by atoms with Crippen molar-refractivity contribution in [2.45, 2.75) is 0 Å². The van der Waals surface area contributed by atoms with Crippen molar-refractivity contribution in [1.82, 2.24) is 4.90 Å². The summed E-state index contributed by atoms with van der Waals surface area (Å²) in [6.45, 7) is 2.57. The molecular formula is C22H20N2O3. The molecule has 0 radical (unpaired) electrons. The van der Waals surface area contributed by atoms with Crippen LogP contribution in [0.3, 0.4) is 0 Å². The van der Waals surface area contributed by atoms with Crippen molar-refractivity contribution in [3.8, 4) is 0 Å². The van der Waals surface area contributed by atoms with Crippen LogP contribution in [-0.2, 0) is 0 Å². The molecule has 0 aromatic heterocycles. The van der Waals surface area contributed by atoms with Gasteiger partial charge in [-0.15, -0.1) is 0 Å². The van der Waals surface area contributed by atoms with E-state index >= 15 is 0 Å². The molecule has 1 N–H and O–H groups in total. The van der Waals surface area contributed by atoms with E-state index < -0.39 is 5.97 Å². The van der Waals surface area contributed by atoms with Gasteiger partial charge >= 0.3 is 5.97 Å². The van der Waals surface area contributed by atoms with Gasteiger partial charge in [0.25, 0.3) is 5.91 Å². The number of carboxylic acid groups (broad SMARTS) is 1. The Balaban J connectivity index is 1.52. The maximum atomic E-state index is 12.8. The SMILES string of the molecule is O=C(O)c1ccccc1C(=O)N1CCN(c2cccc3ccccc23)CC1. The first-order valence-electron chi connectivity index (χ1n) is 8.99. The van der Waals surface area contributed by atoms with Crippen molar-refractivity contribution in [2.75, 3.05) is 31.1 Å². The third-order valence-corrected chi connectivity index (χ3v) is 5.06. The number of anilines is 1. The van der Waals surface area contributed by atoms with Gasteiger partial charge in [0.15, 0.2) is 0 Å². The lowest BCUT2D eigenvalue weighted by atomic mass is 10.1. The molecule has 4 rings (SSSR count). The Kier molecular flexibility index (Phi) is 4.50. The first kappa shape index (κ1) is 17.1. The van der Waals surface area contributed by atoms with Crippen molar-refractivity contribution >= 4 is 28.3 Å². The number of amides is 1. The van der Waals surface area contributed by atoms with Gasteiger partial charge in [-0.25, -0.2) is 4.79 Å². The van der Waals surface area contributed by atoms with Crippen LogP contribution in [0.2, 0.25) is 0 Å². The number of piperazine rings is 1. The summed E-state index contributed by atoms with van der Waals surface area (Å²) < 4.78 is 0. The highest BCUT2D eigenvalue weighted by molar-refractivity contribution is 6.05. The Bertz CT molecular complexity index is 1000. The van der Waals surface area contributed by atoms with Crippen LogP contribution in [-0.4, -0.2) is 48.1 Å². The minimum Gasteiger partial charge on any atom is -0.478 e. The predicted molar refractivity (Wildman–Crippen MR) is 105 cm³/mol. The topological polar surface area (TPSA) is 60.9 Å². The summed E-state index contributed by atoms with van der Waals surface area (Å²) in [7, 11) is 0. The van der Waals surface area contributed by atoms with E-state index in [0.717, 1.165) is 13.1 Å². The van der Waals surface area contributed by atoms with E-state index in [-0.39, 0.29) is 17.0 Å². The van der Waals surface area contributed by atoms with E-state index in [1.54, 1.807) is 23.1 Å². The highest BCUT2D eigenvalue weighted by atomic mass is 16.4. The van der Waals surface area contributed by atoms with E-state index in [4.69, 9.17) is 0 Å². The Labute approximate surface area is 157 Å². The minimum absolute atomic E-state index is 0.0546. The van der Waals surface area contributed by atoms with Gasteiger partial charge in [-0.05, 0) is 23.6 Å². The number of hydrogen-bond acceptors (Lipinski definition) is 3. The monoisotopic (exact) mass is 360 g/mol. The summed E-state index contributed by atoms with van der Waals surface area (Å²) in [5.41, 5.74) is 1.48. The van der Waals surface area contributed by atoms with Crippen LogP contribution in [0.5, 0.6) is 0 Å². The summed E-state index contributed by atoms with van der Waals surface area (Å²) in [4.78, 5) is 28.2. The molecule has 0 atom stereocenters. The first-order valence-corrected chi connectivity index (χ1v) is 8.99. The molecule has 1 saturated heterocycles. The van der Waals surface area contributed by atoms with Gasteiger partial charge < -0.3 is 14.9 Å². The smallest absolute Gasteiger partial charge is 0.336 e. The molecule has 5 heteroatoms. The zero-order valence-electron chi connectivity index (χ0n) is 14.8. The molecule has 0 saturated carbocycles. The van der Waals surface area contributed by atoms with Gasteiger partial charge in [-0.3, -0.25) is 4.79 Å². The molecular weight excluding hydrogens is 340 g/mol. The lowest BCUT2D eigenvalue weighted by Crippen LogP contribution is -2.49. The van der Waals surface area contributed by atoms with Gasteiger partial charge in [-0.2, -0.15) is 0 Å². The number of carbonyl (C=O) groups is 2. The molecule has 136 valence electrons. The van der Waals surface area contributed by atoms with E-state index in [2.05, 4.69) is 35.2 Å². The summed E-state index contributed by atoms with van der Waals surface area (Å²) >= 11 is 0. The average Bonchev–Trinajstić information content (AvgIpc) is 2.73. The molecule has 27 heavy (non-hydrogen) atoms. The van der Waals surface area contributed by atoms with E-state index in [1.165, 1.54) is 22.5 Å². The number of benzene rings is 3. The second-order valence-electron chi connectivity index (χ2n) is 6.63. The van der Waals surface area contributed by atoms with E-state index in [1.807, 2.05) is 12.1 Å². The molecule has 0 bridgehead atoms. The van der Waals surface area contributed by atoms with Crippen molar-refractivity contribution in [3.63, 3.8) is 0 Å². The maximum Gasteiger partial charge on any atom is 0.336 e. The minimum atomic E-state index is -1.08. The molecule has 1 aliphatic rings. The maximum absolute atomic E-state index is 12.8. The van der Waals surface area contributed by atoms with E-state index in [0.29, 0.717) is 13.1 Å². The normalized spacial score (nSPS) is 14.4.